The van der Waals surface area contributed by atoms with Crippen LogP contribution in [0.5, 0.6) is 0 Å². The maximum absolute atomic E-state index is 13.2. The lowest BCUT2D eigenvalue weighted by Gasteiger charge is -2.37. The number of hydrazine groups is 1. The molecule has 0 spiro atoms. The normalized spacial score (nSPS) is 23.3. The maximum Gasteiger partial charge on any atom is 0.341 e. The molecule has 3 amide bonds. The summed E-state index contributed by atoms with van der Waals surface area (Å²) >= 11 is 1.12. The Morgan fingerprint density at radius 1 is 0.767 bits per heavy atom. The third-order valence-corrected chi connectivity index (χ3v) is 7.40. The largest absolute Gasteiger partial charge is 0.459 e. The minimum Gasteiger partial charge on any atom is -0.459 e. The van der Waals surface area contributed by atoms with E-state index in [-0.39, 0.29) is 16.7 Å². The second kappa shape index (κ2) is 13.5. The van der Waals surface area contributed by atoms with Gasteiger partial charge in [-0.3, -0.25) is 10.1 Å². The van der Waals surface area contributed by atoms with Crippen LogP contribution in [0.25, 0.3) is 0 Å². The Labute approximate surface area is 250 Å². The van der Waals surface area contributed by atoms with Crippen LogP contribution in [0.15, 0.2) is 91.0 Å². The number of esters is 3. The zero-order valence-corrected chi connectivity index (χ0v) is 23.6. The molecule has 2 N–H and O–H groups in total. The molecule has 0 aromatic heterocycles. The number of urea groups is 1. The molecule has 2 fully saturated rings. The summed E-state index contributed by atoms with van der Waals surface area (Å²) in [6.45, 7) is -0.420. The molecule has 2 aliphatic rings. The highest BCUT2D eigenvalue weighted by Crippen LogP contribution is 2.32. The second-order valence-corrected chi connectivity index (χ2v) is 10.4. The van der Waals surface area contributed by atoms with Crippen molar-refractivity contribution in [1.82, 2.24) is 15.8 Å². The van der Waals surface area contributed by atoms with Crippen molar-refractivity contribution in [2.24, 2.45) is 0 Å². The van der Waals surface area contributed by atoms with Gasteiger partial charge in [-0.1, -0.05) is 54.6 Å². The van der Waals surface area contributed by atoms with Crippen LogP contribution in [0.3, 0.4) is 0 Å². The highest BCUT2D eigenvalue weighted by atomic mass is 32.2. The first-order valence-electron chi connectivity index (χ1n) is 13.2. The summed E-state index contributed by atoms with van der Waals surface area (Å²) in [5.41, 5.74) is 3.46. The Morgan fingerprint density at radius 3 is 1.77 bits per heavy atom. The number of carbonyl (C=O) groups is 5. The summed E-state index contributed by atoms with van der Waals surface area (Å²) in [7, 11) is 0. The molecule has 1 unspecified atom stereocenters. The monoisotopic (exact) mass is 605 g/mol. The summed E-state index contributed by atoms with van der Waals surface area (Å²) < 4.78 is 23.3. The molecule has 0 saturated carbocycles. The first kappa shape index (κ1) is 29.8. The average Bonchev–Trinajstić information content (AvgIpc) is 3.36. The van der Waals surface area contributed by atoms with Gasteiger partial charge in [0.1, 0.15) is 12.7 Å². The van der Waals surface area contributed by atoms with Gasteiger partial charge in [-0.25, -0.2) is 29.6 Å². The Hall–Kier alpha value is -4.72. The summed E-state index contributed by atoms with van der Waals surface area (Å²) in [4.78, 5) is 64.5. The maximum atomic E-state index is 13.2. The number of ether oxygens (including phenoxy) is 4. The smallest absolute Gasteiger partial charge is 0.341 e. The molecule has 2 saturated heterocycles. The highest BCUT2D eigenvalue weighted by Gasteiger charge is 2.55. The molecule has 3 aromatic rings. The number of rotatable bonds is 9. The number of hydrogen-bond donors (Lipinski definition) is 2. The molecule has 2 aliphatic heterocycles. The van der Waals surface area contributed by atoms with Gasteiger partial charge in [-0.15, -0.1) is 11.8 Å². The van der Waals surface area contributed by atoms with Crippen LogP contribution in [0, 0.1) is 0 Å². The van der Waals surface area contributed by atoms with Gasteiger partial charge in [0.15, 0.2) is 23.8 Å². The Morgan fingerprint density at radius 2 is 1.26 bits per heavy atom. The zero-order valence-electron chi connectivity index (χ0n) is 22.8. The number of nitrogens with zero attached hydrogens (tertiary/aromatic N) is 1. The fourth-order valence-corrected chi connectivity index (χ4v) is 4.98. The van der Waals surface area contributed by atoms with Gasteiger partial charge in [0.2, 0.25) is 0 Å². The van der Waals surface area contributed by atoms with Crippen molar-refractivity contribution in [2.75, 3.05) is 12.9 Å². The van der Waals surface area contributed by atoms with E-state index in [0.717, 1.165) is 16.8 Å². The summed E-state index contributed by atoms with van der Waals surface area (Å²) in [6.07, 6.45) is -3.67. The van der Waals surface area contributed by atoms with Crippen molar-refractivity contribution in [3.05, 3.63) is 108 Å². The molecule has 43 heavy (non-hydrogen) atoms. The fraction of sp³-hybridized carbons (Fsp3) is 0.233. The minimum absolute atomic E-state index is 0.196. The van der Waals surface area contributed by atoms with E-state index in [0.29, 0.717) is 0 Å². The molecular formula is C30H27N3O9S. The van der Waals surface area contributed by atoms with Gasteiger partial charge in [0.25, 0.3) is 5.91 Å². The van der Waals surface area contributed by atoms with Crippen LogP contribution in [0.4, 0.5) is 4.79 Å². The lowest BCUT2D eigenvalue weighted by molar-refractivity contribution is -0.132. The third kappa shape index (κ3) is 6.85. The van der Waals surface area contributed by atoms with Crippen molar-refractivity contribution in [3.8, 4) is 0 Å². The molecule has 3 aromatic carbocycles. The molecule has 13 heteroatoms. The van der Waals surface area contributed by atoms with Crippen molar-refractivity contribution in [3.63, 3.8) is 0 Å². The number of nitrogens with one attached hydrogen (secondary N) is 2. The first-order valence-corrected chi connectivity index (χ1v) is 14.5. The Balaban J connectivity index is 1.47. The molecule has 222 valence electrons. The highest BCUT2D eigenvalue weighted by molar-refractivity contribution is 7.99. The number of benzene rings is 3. The van der Waals surface area contributed by atoms with E-state index >= 15 is 0 Å². The Kier molecular flexibility index (Phi) is 9.35. The van der Waals surface area contributed by atoms with E-state index < -0.39 is 66.4 Å². The molecule has 5 atom stereocenters. The molecule has 12 nitrogen and oxygen atoms in total. The van der Waals surface area contributed by atoms with Crippen LogP contribution in [-0.4, -0.2) is 77.6 Å². The van der Waals surface area contributed by atoms with Gasteiger partial charge >= 0.3 is 23.9 Å². The quantitative estimate of drug-likeness (QED) is 0.274. The van der Waals surface area contributed by atoms with Crippen LogP contribution < -0.4 is 10.7 Å². The van der Waals surface area contributed by atoms with Crippen LogP contribution in [-0.2, 0) is 23.7 Å². The van der Waals surface area contributed by atoms with Crippen molar-refractivity contribution >= 4 is 41.6 Å². The van der Waals surface area contributed by atoms with Crippen LogP contribution in [0.1, 0.15) is 31.1 Å². The van der Waals surface area contributed by atoms with Gasteiger partial charge < -0.3 is 18.9 Å². The van der Waals surface area contributed by atoms with Crippen LogP contribution in [0.2, 0.25) is 0 Å². The van der Waals surface area contributed by atoms with E-state index in [4.69, 9.17) is 18.9 Å². The van der Waals surface area contributed by atoms with E-state index in [1.54, 1.807) is 85.1 Å². The molecular weight excluding hydrogens is 578 g/mol. The zero-order chi connectivity index (χ0) is 30.3. The SMILES string of the molecule is CSC1NN([C@@H]2O[C@H](COC(=O)c3ccccc3)[C@@H](OC(=O)c3ccccc3)[C@H]2OC(=O)c2ccccc2)C(=O)NC1=O. The van der Waals surface area contributed by atoms with E-state index in [1.807, 2.05) is 0 Å². The van der Waals surface area contributed by atoms with E-state index in [1.165, 1.54) is 12.1 Å². The van der Waals surface area contributed by atoms with Crippen molar-refractivity contribution in [2.45, 2.75) is 29.9 Å². The standard InChI is InChI=1S/C30H27N3O9S/c1-43-25-24(34)31-30(38)33(32-25)26-23(42-29(37)20-15-9-4-10-16-20)22(41-28(36)19-13-7-3-8-14-19)21(40-26)17-39-27(35)18-11-5-2-6-12-18/h2-16,21-23,25-26,32H,17H2,1H3,(H,31,34,38)/t21-,22-,23-,25?,26-/m1/s1. The molecule has 2 heterocycles. The summed E-state index contributed by atoms with van der Waals surface area (Å²) in [6, 6.07) is 23.5. The average molecular weight is 606 g/mol. The van der Waals surface area contributed by atoms with Gasteiger partial charge in [0.05, 0.1) is 16.7 Å². The van der Waals surface area contributed by atoms with Crippen LogP contribution >= 0.6 is 11.8 Å². The number of imide groups is 1. The van der Waals surface area contributed by atoms with E-state index in [2.05, 4.69) is 10.7 Å². The van der Waals surface area contributed by atoms with Gasteiger partial charge in [-0.2, -0.15) is 0 Å². The predicted octanol–water partition coefficient (Wildman–Crippen LogP) is 2.77. The third-order valence-electron chi connectivity index (χ3n) is 6.61. The second-order valence-electron chi connectivity index (χ2n) is 9.41. The van der Waals surface area contributed by atoms with E-state index in [9.17, 15) is 24.0 Å². The fourth-order valence-electron chi connectivity index (χ4n) is 4.49. The van der Waals surface area contributed by atoms with Crippen molar-refractivity contribution < 1.29 is 42.9 Å². The topological polar surface area (TPSA) is 150 Å². The Bertz CT molecular complexity index is 1480. The lowest BCUT2D eigenvalue weighted by atomic mass is 10.1. The summed E-state index contributed by atoms with van der Waals surface area (Å²) in [5.74, 6) is -2.79. The number of thioether (sulfide) groups is 1. The van der Waals surface area contributed by atoms with Crippen molar-refractivity contribution in [1.29, 1.82) is 0 Å². The molecule has 0 aliphatic carbocycles. The first-order chi connectivity index (χ1) is 20.9. The number of hydrogen-bond acceptors (Lipinski definition) is 11. The lowest BCUT2D eigenvalue weighted by Crippen LogP contribution is -2.67. The molecule has 0 bridgehead atoms. The van der Waals surface area contributed by atoms with Gasteiger partial charge in [0, 0.05) is 0 Å². The molecule has 5 rings (SSSR count). The predicted molar refractivity (Wildman–Crippen MR) is 152 cm³/mol. The number of amides is 3. The minimum atomic E-state index is -1.41. The number of carbonyl (C=O) groups excluding carboxylic acids is 5. The van der Waals surface area contributed by atoms with Gasteiger partial charge in [-0.05, 0) is 42.7 Å². The summed E-state index contributed by atoms with van der Waals surface area (Å²) in [5, 5.41) is 2.32. The molecule has 0 radical (unpaired) electrons.